The van der Waals surface area contributed by atoms with Gasteiger partial charge in [-0.15, -0.1) is 0 Å². The monoisotopic (exact) mass is 472 g/mol. The maximum absolute atomic E-state index is 12.7. The fourth-order valence-corrected chi connectivity index (χ4v) is 4.63. The number of rotatable bonds is 9. The van der Waals surface area contributed by atoms with Gasteiger partial charge in [0, 0.05) is 48.0 Å². The van der Waals surface area contributed by atoms with E-state index >= 15 is 0 Å². The third kappa shape index (κ3) is 5.28. The molecule has 0 radical (unpaired) electrons. The number of nitrogens with one attached hydrogen (secondary N) is 2. The first-order valence-electron chi connectivity index (χ1n) is 12.3. The van der Waals surface area contributed by atoms with Crippen LogP contribution in [0.2, 0.25) is 0 Å². The topological polar surface area (TPSA) is 62.0 Å². The summed E-state index contributed by atoms with van der Waals surface area (Å²) < 4.78 is 0. The second-order valence-corrected chi connectivity index (χ2v) is 8.92. The molecule has 0 aliphatic heterocycles. The van der Waals surface area contributed by atoms with Crippen molar-refractivity contribution in [2.24, 2.45) is 0 Å². The number of para-hydroxylation sites is 1. The van der Waals surface area contributed by atoms with Crippen molar-refractivity contribution in [3.05, 3.63) is 132 Å². The number of benzene rings is 4. The summed E-state index contributed by atoms with van der Waals surface area (Å²) in [6, 6.07) is 36.0. The van der Waals surface area contributed by atoms with Gasteiger partial charge in [0.05, 0.1) is 0 Å². The number of aromatic amines is 1. The Bertz CT molecular complexity index is 1450. The largest absolute Gasteiger partial charge is 0.361 e. The predicted octanol–water partition coefficient (Wildman–Crippen LogP) is 6.75. The first-order valence-corrected chi connectivity index (χ1v) is 12.3. The Morgan fingerprint density at radius 1 is 0.694 bits per heavy atom. The van der Waals surface area contributed by atoms with Gasteiger partial charge < -0.3 is 10.3 Å². The van der Waals surface area contributed by atoms with Crippen LogP contribution in [0.15, 0.2) is 115 Å². The molecule has 5 aromatic rings. The number of ketones is 1. The van der Waals surface area contributed by atoms with Crippen molar-refractivity contribution < 1.29 is 9.59 Å². The third-order valence-electron chi connectivity index (χ3n) is 6.60. The first-order chi connectivity index (χ1) is 17.7. The average Bonchev–Trinajstić information content (AvgIpc) is 3.37. The number of amides is 1. The molecule has 2 N–H and O–H groups in total. The second kappa shape index (κ2) is 10.9. The standard InChI is InChI=1S/C32H28N2O2/c35-31(26-17-15-24(16-18-26)23-9-3-1-4-10-23)19-20-32(36)34-21-28(25-11-5-2-6-12-25)29-22-33-30-14-8-7-13-27(29)30/h1-18,22,28,33H,19-21H2,(H,34,36). The lowest BCUT2D eigenvalue weighted by molar-refractivity contribution is -0.121. The van der Waals surface area contributed by atoms with Gasteiger partial charge in [0.15, 0.2) is 5.78 Å². The Hall–Kier alpha value is -4.44. The van der Waals surface area contributed by atoms with Gasteiger partial charge in [0.1, 0.15) is 0 Å². The van der Waals surface area contributed by atoms with Crippen LogP contribution in [0.25, 0.3) is 22.0 Å². The number of Topliss-reactive ketones (excluding diaryl/α,β-unsaturated/α-hetero) is 1. The van der Waals surface area contributed by atoms with E-state index in [1.807, 2.05) is 91.1 Å². The highest BCUT2D eigenvalue weighted by molar-refractivity contribution is 5.98. The Morgan fingerprint density at radius 3 is 2.08 bits per heavy atom. The molecule has 0 fully saturated rings. The summed E-state index contributed by atoms with van der Waals surface area (Å²) in [4.78, 5) is 28.8. The highest BCUT2D eigenvalue weighted by Crippen LogP contribution is 2.30. The van der Waals surface area contributed by atoms with Crippen molar-refractivity contribution in [3.8, 4) is 11.1 Å². The quantitative estimate of drug-likeness (QED) is 0.233. The predicted molar refractivity (Wildman–Crippen MR) is 145 cm³/mol. The van der Waals surface area contributed by atoms with Gasteiger partial charge >= 0.3 is 0 Å². The molecule has 36 heavy (non-hydrogen) atoms. The molecule has 0 aliphatic carbocycles. The fourth-order valence-electron chi connectivity index (χ4n) is 4.63. The van der Waals surface area contributed by atoms with E-state index in [1.54, 1.807) is 0 Å². The van der Waals surface area contributed by atoms with Crippen LogP contribution in [-0.4, -0.2) is 23.2 Å². The minimum Gasteiger partial charge on any atom is -0.361 e. The van der Waals surface area contributed by atoms with Gasteiger partial charge in [-0.25, -0.2) is 0 Å². The van der Waals surface area contributed by atoms with Crippen LogP contribution in [0.1, 0.15) is 40.2 Å². The van der Waals surface area contributed by atoms with E-state index in [9.17, 15) is 9.59 Å². The molecular formula is C32H28N2O2. The summed E-state index contributed by atoms with van der Waals surface area (Å²) in [6.07, 6.45) is 2.37. The average molecular weight is 473 g/mol. The van der Waals surface area contributed by atoms with Gasteiger partial charge in [0.2, 0.25) is 5.91 Å². The summed E-state index contributed by atoms with van der Waals surface area (Å²) in [5.41, 5.74) is 6.16. The lowest BCUT2D eigenvalue weighted by atomic mass is 9.91. The second-order valence-electron chi connectivity index (χ2n) is 8.92. The summed E-state index contributed by atoms with van der Waals surface area (Å²) >= 11 is 0. The number of carbonyl (C=O) groups is 2. The Balaban J connectivity index is 1.21. The minimum atomic E-state index is -0.120. The van der Waals surface area contributed by atoms with Crippen LogP contribution in [0.3, 0.4) is 0 Å². The molecule has 0 aliphatic rings. The maximum Gasteiger partial charge on any atom is 0.220 e. The zero-order chi connectivity index (χ0) is 24.7. The molecule has 1 atom stereocenters. The zero-order valence-electron chi connectivity index (χ0n) is 20.0. The molecule has 178 valence electrons. The van der Waals surface area contributed by atoms with Crippen LogP contribution in [0.5, 0.6) is 0 Å². The smallest absolute Gasteiger partial charge is 0.220 e. The third-order valence-corrected chi connectivity index (χ3v) is 6.60. The molecule has 5 rings (SSSR count). The molecule has 1 heterocycles. The van der Waals surface area contributed by atoms with E-state index in [4.69, 9.17) is 0 Å². The lowest BCUT2D eigenvalue weighted by Gasteiger charge is -2.18. The molecule has 0 spiro atoms. The number of carbonyl (C=O) groups excluding carboxylic acids is 2. The van der Waals surface area contributed by atoms with Gasteiger partial charge in [-0.2, -0.15) is 0 Å². The van der Waals surface area contributed by atoms with E-state index < -0.39 is 0 Å². The van der Waals surface area contributed by atoms with Crippen molar-refractivity contribution in [1.29, 1.82) is 0 Å². The van der Waals surface area contributed by atoms with Crippen molar-refractivity contribution in [3.63, 3.8) is 0 Å². The molecule has 4 heteroatoms. The highest BCUT2D eigenvalue weighted by atomic mass is 16.2. The fraction of sp³-hybridized carbons (Fsp3) is 0.125. The van der Waals surface area contributed by atoms with Crippen LogP contribution in [0, 0.1) is 0 Å². The lowest BCUT2D eigenvalue weighted by Crippen LogP contribution is -2.29. The first kappa shape index (κ1) is 23.3. The Kier molecular flexibility index (Phi) is 7.04. The molecule has 1 amide bonds. The number of fused-ring (bicyclic) bond motifs is 1. The minimum absolute atomic E-state index is 0.00697. The van der Waals surface area contributed by atoms with E-state index in [1.165, 1.54) is 0 Å². The summed E-state index contributed by atoms with van der Waals surface area (Å²) in [5, 5.41) is 4.21. The molecule has 0 saturated carbocycles. The number of hydrogen-bond donors (Lipinski definition) is 2. The summed E-state index contributed by atoms with van der Waals surface area (Å²) in [7, 11) is 0. The van der Waals surface area contributed by atoms with E-state index in [2.05, 4.69) is 34.6 Å². The van der Waals surface area contributed by atoms with Crippen molar-refractivity contribution >= 4 is 22.6 Å². The highest BCUT2D eigenvalue weighted by Gasteiger charge is 2.19. The van der Waals surface area contributed by atoms with Crippen molar-refractivity contribution in [2.45, 2.75) is 18.8 Å². The van der Waals surface area contributed by atoms with Crippen LogP contribution >= 0.6 is 0 Å². The van der Waals surface area contributed by atoms with E-state index in [-0.39, 0.29) is 30.4 Å². The molecular weight excluding hydrogens is 444 g/mol. The maximum atomic E-state index is 12.7. The van der Waals surface area contributed by atoms with Crippen molar-refractivity contribution in [2.75, 3.05) is 6.54 Å². The number of H-pyrrole nitrogens is 1. The molecule has 1 aromatic heterocycles. The number of aromatic nitrogens is 1. The van der Waals surface area contributed by atoms with Gasteiger partial charge in [-0.1, -0.05) is 103 Å². The van der Waals surface area contributed by atoms with Gasteiger partial charge in [0.25, 0.3) is 0 Å². The van der Waals surface area contributed by atoms with Crippen LogP contribution in [0.4, 0.5) is 0 Å². The molecule has 0 saturated heterocycles. The Labute approximate surface area is 211 Å². The van der Waals surface area contributed by atoms with Crippen LogP contribution in [-0.2, 0) is 4.79 Å². The zero-order valence-corrected chi connectivity index (χ0v) is 20.0. The molecule has 1 unspecified atom stereocenters. The Morgan fingerprint density at radius 2 is 1.33 bits per heavy atom. The number of hydrogen-bond acceptors (Lipinski definition) is 2. The summed E-state index contributed by atoms with van der Waals surface area (Å²) in [5.74, 6) is -0.140. The van der Waals surface area contributed by atoms with Crippen molar-refractivity contribution in [1.82, 2.24) is 10.3 Å². The van der Waals surface area contributed by atoms with E-state index in [0.29, 0.717) is 12.1 Å². The SMILES string of the molecule is O=C(CCC(=O)c1ccc(-c2ccccc2)cc1)NCC(c1ccccc1)c1c[nH]c2ccccc12. The van der Waals surface area contributed by atoms with Gasteiger partial charge in [-0.05, 0) is 28.3 Å². The molecule has 4 aromatic carbocycles. The normalized spacial score (nSPS) is 11.8. The summed E-state index contributed by atoms with van der Waals surface area (Å²) in [6.45, 7) is 0.463. The van der Waals surface area contributed by atoms with E-state index in [0.717, 1.165) is 33.2 Å². The molecule has 0 bridgehead atoms. The molecule has 4 nitrogen and oxygen atoms in total. The van der Waals surface area contributed by atoms with Crippen LogP contribution < -0.4 is 5.32 Å². The van der Waals surface area contributed by atoms with Gasteiger partial charge in [-0.3, -0.25) is 9.59 Å².